The number of phenolic OH excluding ortho intramolecular Hbond substituents is 2. The van der Waals surface area contributed by atoms with Crippen LogP contribution in [0.2, 0.25) is 0 Å². The average molecular weight is 234 g/mol. The molecule has 2 aromatic rings. The van der Waals surface area contributed by atoms with Crippen LogP contribution < -0.4 is 5.63 Å². The molecule has 0 unspecified atom stereocenters. The van der Waals surface area contributed by atoms with E-state index in [1.807, 2.05) is 20.8 Å². The minimum absolute atomic E-state index is 0.0388. The van der Waals surface area contributed by atoms with Gasteiger partial charge in [0.2, 0.25) is 5.75 Å². The summed E-state index contributed by atoms with van der Waals surface area (Å²) in [6.45, 7) is 5.63. The highest BCUT2D eigenvalue weighted by molar-refractivity contribution is 5.88. The van der Waals surface area contributed by atoms with E-state index in [1.165, 1.54) is 6.07 Å². The Hall–Kier alpha value is -1.97. The molecule has 90 valence electrons. The highest BCUT2D eigenvalue weighted by Crippen LogP contribution is 2.35. The van der Waals surface area contributed by atoms with Crippen molar-refractivity contribution in [3.05, 3.63) is 33.7 Å². The summed E-state index contributed by atoms with van der Waals surface area (Å²) in [7, 11) is 0. The van der Waals surface area contributed by atoms with E-state index in [2.05, 4.69) is 0 Å². The lowest BCUT2D eigenvalue weighted by molar-refractivity contribution is 0.397. The van der Waals surface area contributed by atoms with Gasteiger partial charge in [0.1, 0.15) is 0 Å². The van der Waals surface area contributed by atoms with Crippen LogP contribution in [-0.2, 0) is 0 Å². The molecule has 4 nitrogen and oxygen atoms in total. The van der Waals surface area contributed by atoms with Crippen molar-refractivity contribution in [3.8, 4) is 11.5 Å². The number of phenols is 2. The molecule has 0 amide bonds. The Labute approximate surface area is 98.1 Å². The SMILES string of the molecule is Cc1c(C(C)C)c(=O)oc2c(O)c(O)ccc12. The Kier molecular flexibility index (Phi) is 2.58. The van der Waals surface area contributed by atoms with Crippen LogP contribution in [0.3, 0.4) is 0 Å². The van der Waals surface area contributed by atoms with Crippen molar-refractivity contribution in [1.82, 2.24) is 0 Å². The van der Waals surface area contributed by atoms with Gasteiger partial charge in [0.15, 0.2) is 11.3 Å². The van der Waals surface area contributed by atoms with E-state index in [-0.39, 0.29) is 17.3 Å². The molecule has 1 heterocycles. The maximum Gasteiger partial charge on any atom is 0.340 e. The lowest BCUT2D eigenvalue weighted by Crippen LogP contribution is -2.11. The van der Waals surface area contributed by atoms with E-state index < -0.39 is 11.4 Å². The topological polar surface area (TPSA) is 70.7 Å². The third-order valence-electron chi connectivity index (χ3n) is 2.91. The van der Waals surface area contributed by atoms with Crippen LogP contribution in [0.1, 0.15) is 30.9 Å². The van der Waals surface area contributed by atoms with Gasteiger partial charge in [0.25, 0.3) is 0 Å². The summed E-state index contributed by atoms with van der Waals surface area (Å²) in [5, 5.41) is 19.7. The van der Waals surface area contributed by atoms with Crippen LogP contribution >= 0.6 is 0 Å². The van der Waals surface area contributed by atoms with Crippen LogP contribution in [-0.4, -0.2) is 10.2 Å². The van der Waals surface area contributed by atoms with E-state index in [4.69, 9.17) is 4.42 Å². The van der Waals surface area contributed by atoms with Crippen molar-refractivity contribution in [1.29, 1.82) is 0 Å². The molecule has 0 fully saturated rings. The minimum Gasteiger partial charge on any atom is -0.504 e. The molecule has 0 bridgehead atoms. The zero-order valence-electron chi connectivity index (χ0n) is 9.94. The molecule has 0 atom stereocenters. The Morgan fingerprint density at radius 3 is 2.47 bits per heavy atom. The molecule has 0 aliphatic carbocycles. The van der Waals surface area contributed by atoms with Crippen LogP contribution in [0.5, 0.6) is 11.5 Å². The molecule has 2 rings (SSSR count). The van der Waals surface area contributed by atoms with Gasteiger partial charge in [-0.25, -0.2) is 4.79 Å². The number of aryl methyl sites for hydroxylation is 1. The normalized spacial score (nSPS) is 11.3. The summed E-state index contributed by atoms with van der Waals surface area (Å²) in [5.41, 5.74) is 0.951. The molecular weight excluding hydrogens is 220 g/mol. The third kappa shape index (κ3) is 1.65. The van der Waals surface area contributed by atoms with E-state index in [0.717, 1.165) is 5.56 Å². The van der Waals surface area contributed by atoms with Gasteiger partial charge in [-0.1, -0.05) is 13.8 Å². The summed E-state index contributed by atoms with van der Waals surface area (Å²) < 4.78 is 5.08. The first-order valence-corrected chi connectivity index (χ1v) is 5.41. The fourth-order valence-corrected chi connectivity index (χ4v) is 2.07. The van der Waals surface area contributed by atoms with Gasteiger partial charge in [-0.2, -0.15) is 0 Å². The highest BCUT2D eigenvalue weighted by Gasteiger charge is 2.17. The van der Waals surface area contributed by atoms with E-state index in [0.29, 0.717) is 10.9 Å². The Balaban J connectivity index is 2.96. The zero-order valence-corrected chi connectivity index (χ0v) is 9.94. The number of aromatic hydroxyl groups is 2. The maximum absolute atomic E-state index is 11.8. The van der Waals surface area contributed by atoms with Crippen LogP contribution in [0.4, 0.5) is 0 Å². The summed E-state index contributed by atoms with van der Waals surface area (Å²) in [4.78, 5) is 11.8. The van der Waals surface area contributed by atoms with E-state index >= 15 is 0 Å². The molecule has 17 heavy (non-hydrogen) atoms. The summed E-state index contributed by atoms with van der Waals surface area (Å²) in [6, 6.07) is 3.02. The standard InChI is InChI=1S/C13H14O4/c1-6(2)10-7(3)8-4-5-9(14)11(15)12(8)17-13(10)16/h4-6,14-15H,1-3H3. The van der Waals surface area contributed by atoms with Crippen molar-refractivity contribution in [2.45, 2.75) is 26.7 Å². The molecular formula is C13H14O4. The Bertz CT molecular complexity index is 638. The summed E-state index contributed by atoms with van der Waals surface area (Å²) >= 11 is 0. The molecule has 0 spiro atoms. The number of rotatable bonds is 1. The number of hydrogen-bond donors (Lipinski definition) is 2. The minimum atomic E-state index is -0.467. The number of hydrogen-bond acceptors (Lipinski definition) is 4. The number of fused-ring (bicyclic) bond motifs is 1. The molecule has 0 saturated carbocycles. The summed E-state index contributed by atoms with van der Waals surface area (Å²) in [5.74, 6) is -0.637. The molecule has 0 saturated heterocycles. The van der Waals surface area contributed by atoms with Gasteiger partial charge >= 0.3 is 5.63 Å². The predicted octanol–water partition coefficient (Wildman–Crippen LogP) is 2.64. The molecule has 0 aliphatic rings. The molecule has 2 N–H and O–H groups in total. The molecule has 1 aromatic carbocycles. The monoisotopic (exact) mass is 234 g/mol. The van der Waals surface area contributed by atoms with E-state index in [1.54, 1.807) is 6.07 Å². The predicted molar refractivity (Wildman–Crippen MR) is 64.6 cm³/mol. The number of benzene rings is 1. The van der Waals surface area contributed by atoms with Crippen LogP contribution in [0, 0.1) is 6.92 Å². The zero-order chi connectivity index (χ0) is 12.7. The quantitative estimate of drug-likeness (QED) is 0.587. The van der Waals surface area contributed by atoms with E-state index in [9.17, 15) is 15.0 Å². The first-order valence-electron chi connectivity index (χ1n) is 5.41. The maximum atomic E-state index is 11.8. The molecule has 0 aliphatic heterocycles. The van der Waals surface area contributed by atoms with Crippen molar-refractivity contribution >= 4 is 11.0 Å². The first-order chi connectivity index (χ1) is 7.93. The second-order valence-electron chi connectivity index (χ2n) is 4.39. The first kappa shape index (κ1) is 11.5. The van der Waals surface area contributed by atoms with Crippen molar-refractivity contribution in [2.24, 2.45) is 0 Å². The van der Waals surface area contributed by atoms with Gasteiger partial charge in [-0.15, -0.1) is 0 Å². The van der Waals surface area contributed by atoms with Crippen LogP contribution in [0.25, 0.3) is 11.0 Å². The Morgan fingerprint density at radius 1 is 1.24 bits per heavy atom. The molecule has 0 radical (unpaired) electrons. The molecule has 1 aromatic heterocycles. The Morgan fingerprint density at radius 2 is 1.88 bits per heavy atom. The summed E-state index contributed by atoms with van der Waals surface area (Å²) in [6.07, 6.45) is 0. The van der Waals surface area contributed by atoms with Crippen LogP contribution in [0.15, 0.2) is 21.3 Å². The lowest BCUT2D eigenvalue weighted by Gasteiger charge is -2.11. The fourth-order valence-electron chi connectivity index (χ4n) is 2.07. The lowest BCUT2D eigenvalue weighted by atomic mass is 9.97. The van der Waals surface area contributed by atoms with Crippen molar-refractivity contribution in [2.75, 3.05) is 0 Å². The van der Waals surface area contributed by atoms with Gasteiger partial charge in [-0.05, 0) is 30.5 Å². The van der Waals surface area contributed by atoms with Gasteiger partial charge < -0.3 is 14.6 Å². The van der Waals surface area contributed by atoms with Gasteiger partial charge in [-0.3, -0.25) is 0 Å². The fraction of sp³-hybridized carbons (Fsp3) is 0.308. The van der Waals surface area contributed by atoms with Gasteiger partial charge in [0.05, 0.1) is 0 Å². The second-order valence-corrected chi connectivity index (χ2v) is 4.39. The average Bonchev–Trinajstić information content (AvgIpc) is 2.23. The smallest absolute Gasteiger partial charge is 0.340 e. The van der Waals surface area contributed by atoms with Gasteiger partial charge in [0, 0.05) is 10.9 Å². The largest absolute Gasteiger partial charge is 0.504 e. The second kappa shape index (κ2) is 3.80. The highest BCUT2D eigenvalue weighted by atomic mass is 16.4. The van der Waals surface area contributed by atoms with Crippen molar-refractivity contribution < 1.29 is 14.6 Å². The third-order valence-corrected chi connectivity index (χ3v) is 2.91. The van der Waals surface area contributed by atoms with Crippen molar-refractivity contribution in [3.63, 3.8) is 0 Å². The molecule has 4 heteroatoms.